The van der Waals surface area contributed by atoms with Gasteiger partial charge in [-0.05, 0) is 62.4 Å². The predicted molar refractivity (Wildman–Crippen MR) is 119 cm³/mol. The number of hydrogen-bond donors (Lipinski definition) is 2. The van der Waals surface area contributed by atoms with Crippen molar-refractivity contribution >= 4 is 29.0 Å². The second-order valence-electron chi connectivity index (χ2n) is 7.09. The van der Waals surface area contributed by atoms with Crippen LogP contribution in [0.2, 0.25) is 0 Å². The van der Waals surface area contributed by atoms with Crippen molar-refractivity contribution in [2.24, 2.45) is 0 Å². The molecule has 0 saturated heterocycles. The van der Waals surface area contributed by atoms with Crippen molar-refractivity contribution in [3.63, 3.8) is 0 Å². The van der Waals surface area contributed by atoms with Crippen LogP contribution in [-0.2, 0) is 4.79 Å². The molecule has 0 bridgehead atoms. The molecule has 2 amide bonds. The van der Waals surface area contributed by atoms with Gasteiger partial charge in [0.05, 0.1) is 28.9 Å². The number of amides is 2. The molecule has 0 saturated carbocycles. The summed E-state index contributed by atoms with van der Waals surface area (Å²) in [7, 11) is 0. The third-order valence-electron chi connectivity index (χ3n) is 4.87. The zero-order valence-electron chi connectivity index (χ0n) is 17.5. The Kier molecular flexibility index (Phi) is 5.67. The van der Waals surface area contributed by atoms with E-state index in [0.717, 1.165) is 5.69 Å². The van der Waals surface area contributed by atoms with Gasteiger partial charge in [0.25, 0.3) is 17.6 Å². The fraction of sp³-hybridized carbons (Fsp3) is 0.0833. The molecule has 0 atom stereocenters. The average molecular weight is 428 g/mol. The molecule has 160 valence electrons. The number of para-hydroxylation sites is 1. The smallest absolute Gasteiger partial charge is 0.296 e. The molecule has 2 aromatic heterocycles. The molecular weight excluding hydrogens is 408 g/mol. The molecule has 0 aliphatic carbocycles. The maximum atomic E-state index is 12.8. The number of Topliss-reactive ketones (excluding diaryl/α,β-unsaturated/α-hetero) is 1. The maximum absolute atomic E-state index is 12.8. The largest absolute Gasteiger partial charge is 0.459 e. The number of anilines is 2. The van der Waals surface area contributed by atoms with Crippen LogP contribution in [0, 0.1) is 13.8 Å². The van der Waals surface area contributed by atoms with Crippen LogP contribution >= 0.6 is 0 Å². The number of aromatic nitrogens is 2. The predicted octanol–water partition coefficient (Wildman–Crippen LogP) is 4.16. The quantitative estimate of drug-likeness (QED) is 0.354. The zero-order chi connectivity index (χ0) is 22.7. The number of benzene rings is 2. The van der Waals surface area contributed by atoms with E-state index in [1.165, 1.54) is 6.26 Å². The fourth-order valence-corrected chi connectivity index (χ4v) is 3.33. The highest BCUT2D eigenvalue weighted by Crippen LogP contribution is 2.20. The average Bonchev–Trinajstić information content (AvgIpc) is 3.43. The summed E-state index contributed by atoms with van der Waals surface area (Å²) >= 11 is 0. The SMILES string of the molecule is Cc1nn(-c2ccccc2)c(C)c1C(=O)C(=O)Nc1ccc(NC(=O)c2ccco2)cc1. The van der Waals surface area contributed by atoms with Gasteiger partial charge in [0.15, 0.2) is 5.76 Å². The monoisotopic (exact) mass is 428 g/mol. The summed E-state index contributed by atoms with van der Waals surface area (Å²) in [6, 6.07) is 19.0. The molecule has 0 radical (unpaired) electrons. The van der Waals surface area contributed by atoms with Crippen LogP contribution in [0.3, 0.4) is 0 Å². The fourth-order valence-electron chi connectivity index (χ4n) is 3.33. The third kappa shape index (κ3) is 4.20. The Balaban J connectivity index is 1.46. The molecule has 4 rings (SSSR count). The molecule has 8 nitrogen and oxygen atoms in total. The van der Waals surface area contributed by atoms with Gasteiger partial charge in [0, 0.05) is 11.4 Å². The first-order valence-corrected chi connectivity index (χ1v) is 9.86. The summed E-state index contributed by atoms with van der Waals surface area (Å²) in [4.78, 5) is 37.5. The van der Waals surface area contributed by atoms with Crippen molar-refractivity contribution in [2.45, 2.75) is 13.8 Å². The first-order valence-electron chi connectivity index (χ1n) is 9.86. The molecule has 0 aliphatic heterocycles. The number of aryl methyl sites for hydroxylation is 1. The molecule has 2 N–H and O–H groups in total. The zero-order valence-corrected chi connectivity index (χ0v) is 17.5. The summed E-state index contributed by atoms with van der Waals surface area (Å²) in [6.45, 7) is 3.45. The highest BCUT2D eigenvalue weighted by atomic mass is 16.3. The summed E-state index contributed by atoms with van der Waals surface area (Å²) in [5, 5.41) is 9.70. The second-order valence-corrected chi connectivity index (χ2v) is 7.09. The Labute approximate surface area is 183 Å². The highest BCUT2D eigenvalue weighted by molar-refractivity contribution is 6.47. The Morgan fingerprint density at radius 1 is 0.844 bits per heavy atom. The lowest BCUT2D eigenvalue weighted by Gasteiger charge is -2.08. The van der Waals surface area contributed by atoms with Crippen LogP contribution in [0.15, 0.2) is 77.4 Å². The first-order chi connectivity index (χ1) is 15.4. The lowest BCUT2D eigenvalue weighted by Crippen LogP contribution is -2.24. The Morgan fingerprint density at radius 2 is 1.50 bits per heavy atom. The standard InChI is InChI=1S/C24H20N4O4/c1-15-21(16(2)28(27-15)19-7-4-3-5-8-19)22(29)24(31)26-18-12-10-17(11-13-18)25-23(30)20-9-6-14-32-20/h3-14H,1-2H3,(H,25,30)(H,26,31). The van der Waals surface area contributed by atoms with Gasteiger partial charge in [-0.15, -0.1) is 0 Å². The minimum absolute atomic E-state index is 0.190. The van der Waals surface area contributed by atoms with Crippen molar-refractivity contribution < 1.29 is 18.8 Å². The van der Waals surface area contributed by atoms with E-state index in [-0.39, 0.29) is 17.2 Å². The summed E-state index contributed by atoms with van der Waals surface area (Å²) < 4.78 is 6.69. The van der Waals surface area contributed by atoms with Gasteiger partial charge < -0.3 is 15.1 Å². The number of carbonyl (C=O) groups is 3. The summed E-state index contributed by atoms with van der Waals surface area (Å²) in [5.74, 6) is -1.63. The summed E-state index contributed by atoms with van der Waals surface area (Å²) in [5.41, 5.74) is 3.08. The topological polar surface area (TPSA) is 106 Å². The van der Waals surface area contributed by atoms with E-state index >= 15 is 0 Å². The Hall–Kier alpha value is -4.46. The van der Waals surface area contributed by atoms with Gasteiger partial charge in [0.1, 0.15) is 0 Å². The maximum Gasteiger partial charge on any atom is 0.296 e. The van der Waals surface area contributed by atoms with E-state index in [2.05, 4.69) is 15.7 Å². The molecule has 32 heavy (non-hydrogen) atoms. The van der Waals surface area contributed by atoms with E-state index < -0.39 is 11.7 Å². The number of nitrogens with one attached hydrogen (secondary N) is 2. The molecule has 0 aliphatic rings. The normalized spacial score (nSPS) is 10.6. The summed E-state index contributed by atoms with van der Waals surface area (Å²) in [6.07, 6.45) is 1.41. The van der Waals surface area contributed by atoms with Crippen LogP contribution in [0.4, 0.5) is 11.4 Å². The van der Waals surface area contributed by atoms with E-state index in [4.69, 9.17) is 4.42 Å². The van der Waals surface area contributed by atoms with Crippen LogP contribution in [0.5, 0.6) is 0 Å². The Bertz CT molecular complexity index is 1270. The number of rotatable bonds is 6. The number of ketones is 1. The number of carbonyl (C=O) groups excluding carboxylic acids is 3. The van der Waals surface area contributed by atoms with Crippen LogP contribution in [-0.4, -0.2) is 27.4 Å². The van der Waals surface area contributed by atoms with Crippen molar-refractivity contribution in [1.29, 1.82) is 0 Å². The Morgan fingerprint density at radius 3 is 2.12 bits per heavy atom. The first kappa shape index (κ1) is 20.8. The van der Waals surface area contributed by atoms with Gasteiger partial charge >= 0.3 is 0 Å². The molecule has 2 heterocycles. The molecule has 0 spiro atoms. The number of hydrogen-bond acceptors (Lipinski definition) is 5. The highest BCUT2D eigenvalue weighted by Gasteiger charge is 2.25. The molecular formula is C24H20N4O4. The molecule has 8 heteroatoms. The van der Waals surface area contributed by atoms with Gasteiger partial charge in [-0.25, -0.2) is 4.68 Å². The molecule has 0 unspecified atom stereocenters. The van der Waals surface area contributed by atoms with Crippen molar-refractivity contribution in [1.82, 2.24) is 9.78 Å². The van der Waals surface area contributed by atoms with Crippen LogP contribution in [0.25, 0.3) is 5.69 Å². The van der Waals surface area contributed by atoms with Gasteiger partial charge in [0.2, 0.25) is 0 Å². The van der Waals surface area contributed by atoms with Crippen LogP contribution < -0.4 is 10.6 Å². The molecule has 2 aromatic carbocycles. The third-order valence-corrected chi connectivity index (χ3v) is 4.87. The minimum Gasteiger partial charge on any atom is -0.459 e. The lowest BCUT2D eigenvalue weighted by molar-refractivity contribution is -0.112. The van der Waals surface area contributed by atoms with E-state index in [1.54, 1.807) is 54.9 Å². The number of furan rings is 1. The molecule has 0 fully saturated rings. The van der Waals surface area contributed by atoms with Gasteiger partial charge in [-0.3, -0.25) is 14.4 Å². The van der Waals surface area contributed by atoms with Gasteiger partial charge in [-0.2, -0.15) is 5.10 Å². The van der Waals surface area contributed by atoms with Crippen molar-refractivity contribution in [3.8, 4) is 5.69 Å². The molecule has 4 aromatic rings. The van der Waals surface area contributed by atoms with Crippen LogP contribution in [0.1, 0.15) is 32.3 Å². The van der Waals surface area contributed by atoms with E-state index in [1.807, 2.05) is 30.3 Å². The number of nitrogens with zero attached hydrogens (tertiary/aromatic N) is 2. The minimum atomic E-state index is -0.767. The lowest BCUT2D eigenvalue weighted by atomic mass is 10.1. The second kappa shape index (κ2) is 8.73. The van der Waals surface area contributed by atoms with Crippen molar-refractivity contribution in [3.05, 3.63) is 95.7 Å². The van der Waals surface area contributed by atoms with Crippen molar-refractivity contribution in [2.75, 3.05) is 10.6 Å². The van der Waals surface area contributed by atoms with Gasteiger partial charge in [-0.1, -0.05) is 18.2 Å². The van der Waals surface area contributed by atoms with E-state index in [0.29, 0.717) is 22.8 Å². The van der Waals surface area contributed by atoms with E-state index in [9.17, 15) is 14.4 Å².